The molecule has 0 atom stereocenters. The molecule has 0 unspecified atom stereocenters. The molecule has 4 nitrogen and oxygen atoms in total. The quantitative estimate of drug-likeness (QED) is 0.102. The van der Waals surface area contributed by atoms with E-state index in [4.69, 9.17) is 9.97 Å². The summed E-state index contributed by atoms with van der Waals surface area (Å²) in [5.74, 6) is 0.669. The smallest absolute Gasteiger partial charge is 0.235 e. The van der Waals surface area contributed by atoms with Crippen LogP contribution in [0.2, 0.25) is 0 Å². The number of hydrogen-bond donors (Lipinski definition) is 0. The number of nitrogens with zero attached hydrogens (tertiary/aromatic N) is 4. The first-order chi connectivity index (χ1) is 30.4. The fourth-order valence-corrected chi connectivity index (χ4v) is 11.0. The van der Waals surface area contributed by atoms with Crippen LogP contribution >= 0.6 is 11.3 Å². The van der Waals surface area contributed by atoms with Crippen LogP contribution in [0.3, 0.4) is 0 Å². The first-order valence-corrected chi connectivity index (χ1v) is 22.3. The van der Waals surface area contributed by atoms with Crippen molar-refractivity contribution in [3.8, 4) is 22.8 Å². The Balaban J connectivity index is 1.25. The Morgan fingerprint density at radius 3 is 2.34 bits per heavy atom. The van der Waals surface area contributed by atoms with Crippen molar-refractivity contribution < 1.29 is 0 Å². The highest BCUT2D eigenvalue weighted by molar-refractivity contribution is 7.11. The van der Waals surface area contributed by atoms with E-state index in [0.717, 1.165) is 75.2 Å². The summed E-state index contributed by atoms with van der Waals surface area (Å²) in [5.41, 5.74) is 14.8. The van der Waals surface area contributed by atoms with Gasteiger partial charge in [0, 0.05) is 53.5 Å². The summed E-state index contributed by atoms with van der Waals surface area (Å²) in [6.45, 7) is 18.8. The number of hydrogen-bond acceptors (Lipinski definition) is 3. The van der Waals surface area contributed by atoms with Crippen LogP contribution in [0.15, 0.2) is 153 Å². The summed E-state index contributed by atoms with van der Waals surface area (Å²) in [6, 6.07) is 37.8. The summed E-state index contributed by atoms with van der Waals surface area (Å²) in [4.78, 5) is 12.2. The molecule has 0 bridgehead atoms. The van der Waals surface area contributed by atoms with Crippen molar-refractivity contribution in [1.29, 1.82) is 0 Å². The molecule has 0 saturated heterocycles. The molecule has 4 aromatic heterocycles. The van der Waals surface area contributed by atoms with Gasteiger partial charge in [0.2, 0.25) is 5.95 Å². The second-order valence-corrected chi connectivity index (χ2v) is 17.1. The van der Waals surface area contributed by atoms with Gasteiger partial charge >= 0.3 is 0 Å². The Morgan fingerprint density at radius 1 is 0.790 bits per heavy atom. The van der Waals surface area contributed by atoms with Gasteiger partial charge in [0.1, 0.15) is 0 Å². The van der Waals surface area contributed by atoms with Crippen LogP contribution in [-0.4, -0.2) is 19.1 Å². The van der Waals surface area contributed by atoms with E-state index < -0.39 is 0 Å². The minimum absolute atomic E-state index is 0.669. The monoisotopic (exact) mass is 820 g/mol. The average molecular weight is 821 g/mol. The van der Waals surface area contributed by atoms with Gasteiger partial charge in [0.25, 0.3) is 0 Å². The number of aryl methyl sites for hydroxylation is 2. The Morgan fingerprint density at radius 2 is 1.56 bits per heavy atom. The molecule has 0 spiro atoms. The highest BCUT2D eigenvalue weighted by atomic mass is 32.1. The predicted molar refractivity (Wildman–Crippen MR) is 267 cm³/mol. The molecule has 62 heavy (non-hydrogen) atoms. The first kappa shape index (κ1) is 39.1. The van der Waals surface area contributed by atoms with Gasteiger partial charge in [-0.15, -0.1) is 17.9 Å². The molecule has 10 rings (SSSR count). The van der Waals surface area contributed by atoms with Gasteiger partial charge in [0.15, 0.2) is 0 Å². The number of benzene rings is 5. The third-order valence-electron chi connectivity index (χ3n) is 12.6. The van der Waals surface area contributed by atoms with Crippen LogP contribution in [0, 0.1) is 13.8 Å². The second-order valence-electron chi connectivity index (χ2n) is 16.0. The van der Waals surface area contributed by atoms with Crippen LogP contribution in [0.1, 0.15) is 58.4 Å². The molecule has 5 aromatic carbocycles. The van der Waals surface area contributed by atoms with Gasteiger partial charge in [0.05, 0.1) is 27.9 Å². The maximum Gasteiger partial charge on any atom is 0.235 e. The van der Waals surface area contributed by atoms with Gasteiger partial charge < -0.3 is 4.57 Å². The second kappa shape index (κ2) is 16.1. The molecule has 0 amide bonds. The zero-order valence-corrected chi connectivity index (χ0v) is 36.4. The van der Waals surface area contributed by atoms with Crippen molar-refractivity contribution in [1.82, 2.24) is 19.1 Å². The van der Waals surface area contributed by atoms with Crippen LogP contribution in [0.4, 0.5) is 0 Å². The molecule has 0 fully saturated rings. The van der Waals surface area contributed by atoms with E-state index in [0.29, 0.717) is 5.95 Å². The number of allylic oxidation sites excluding steroid dienone is 5. The van der Waals surface area contributed by atoms with E-state index in [1.807, 2.05) is 24.3 Å². The van der Waals surface area contributed by atoms with E-state index in [9.17, 15) is 0 Å². The van der Waals surface area contributed by atoms with Gasteiger partial charge in [-0.1, -0.05) is 122 Å². The highest BCUT2D eigenvalue weighted by Crippen LogP contribution is 2.43. The molecule has 4 heterocycles. The number of aromatic nitrogens is 4. The molecule has 0 aliphatic heterocycles. The third-order valence-corrected chi connectivity index (χ3v) is 13.9. The summed E-state index contributed by atoms with van der Waals surface area (Å²) in [6.07, 6.45) is 20.3. The molecule has 0 saturated carbocycles. The van der Waals surface area contributed by atoms with E-state index >= 15 is 0 Å². The number of rotatable bonds is 10. The zero-order valence-electron chi connectivity index (χ0n) is 35.6. The van der Waals surface area contributed by atoms with Crippen molar-refractivity contribution in [3.63, 3.8) is 0 Å². The maximum absolute atomic E-state index is 5.60. The van der Waals surface area contributed by atoms with E-state index in [1.54, 1.807) is 11.3 Å². The maximum atomic E-state index is 5.60. The minimum Gasteiger partial charge on any atom is -0.309 e. The molecular formula is C57H48N4S. The van der Waals surface area contributed by atoms with Crippen LogP contribution in [0.25, 0.3) is 90.0 Å². The Labute approximate surface area is 366 Å². The molecule has 5 heteroatoms. The van der Waals surface area contributed by atoms with Crippen LogP contribution < -0.4 is 9.75 Å². The average Bonchev–Trinajstić information content (AvgIpc) is 3.94. The fourth-order valence-electron chi connectivity index (χ4n) is 9.68. The minimum atomic E-state index is 0.669. The fraction of sp³-hybridized carbons (Fsp3) is 0.123. The number of thiophene rings is 1. The summed E-state index contributed by atoms with van der Waals surface area (Å²) in [5, 5.41) is 7.34. The lowest BCUT2D eigenvalue weighted by Crippen LogP contribution is -2.24. The first-order valence-electron chi connectivity index (χ1n) is 21.5. The summed E-state index contributed by atoms with van der Waals surface area (Å²) < 4.78 is 5.89. The summed E-state index contributed by atoms with van der Waals surface area (Å²) in [7, 11) is 0. The van der Waals surface area contributed by atoms with Crippen LogP contribution in [-0.2, 0) is 12.8 Å². The van der Waals surface area contributed by atoms with E-state index in [-0.39, 0.29) is 0 Å². The lowest BCUT2D eigenvalue weighted by atomic mass is 9.94. The van der Waals surface area contributed by atoms with Crippen molar-refractivity contribution in [2.24, 2.45) is 0 Å². The molecule has 1 aliphatic carbocycles. The lowest BCUT2D eigenvalue weighted by Gasteiger charge is -2.17. The molecular weight excluding hydrogens is 773 g/mol. The normalized spacial score (nSPS) is 13.5. The predicted octanol–water partition coefficient (Wildman–Crippen LogP) is 13.5. The molecule has 0 radical (unpaired) electrons. The van der Waals surface area contributed by atoms with Gasteiger partial charge in [-0.25, -0.2) is 9.97 Å². The number of para-hydroxylation sites is 2. The van der Waals surface area contributed by atoms with Crippen molar-refractivity contribution >= 4 is 78.6 Å². The van der Waals surface area contributed by atoms with E-state index in [2.05, 4.69) is 177 Å². The topological polar surface area (TPSA) is 35.6 Å². The largest absolute Gasteiger partial charge is 0.309 e. The van der Waals surface area contributed by atoms with E-state index in [1.165, 1.54) is 64.8 Å². The molecule has 1 aliphatic rings. The summed E-state index contributed by atoms with van der Waals surface area (Å²) >= 11 is 1.77. The van der Waals surface area contributed by atoms with Gasteiger partial charge in [-0.2, -0.15) is 0 Å². The highest BCUT2D eigenvalue weighted by Gasteiger charge is 2.25. The Hall–Kier alpha value is -7.08. The molecule has 9 aromatic rings. The van der Waals surface area contributed by atoms with Gasteiger partial charge in [-0.05, 0) is 122 Å². The molecule has 0 N–H and O–H groups in total. The SMILES string of the molecule is C=C/C=C\c1sc(=C(/C=C)c2nc(-n3c4c(c5ccc(-c6cc7c8ccccc8n(-c8ccccc8)c7c7ccccc67)cc53)CCC=C4)nc(C)c2CCC=C)/c(=C\C)c1C. The van der Waals surface area contributed by atoms with Crippen molar-refractivity contribution in [2.45, 2.75) is 46.5 Å². The number of fused-ring (bicyclic) bond motifs is 8. The van der Waals surface area contributed by atoms with Crippen molar-refractivity contribution in [2.75, 3.05) is 0 Å². The van der Waals surface area contributed by atoms with Crippen LogP contribution in [0.5, 0.6) is 0 Å². The van der Waals surface area contributed by atoms with Crippen molar-refractivity contribution in [3.05, 3.63) is 202 Å². The zero-order chi connectivity index (χ0) is 42.5. The Kier molecular flexibility index (Phi) is 10.1. The molecule has 302 valence electrons. The standard InChI is InChI=1S/C57H48N4S/c1-7-11-24-42-37(6)58-57(59-54(42)41(10-4)56-40(9-3)36(5)53(62-56)31-12-8-2)61-51-30-21-18-26-44(51)46-33-32-38(34-52(46)61)48-35-49-45-27-19-20-29-50(45)60(39-22-14-13-15-23-39)55(49)47-28-17-16-25-43(47)48/h7-10,12-17,19-23,25,27-35H,1-2,4,11,18,24,26H2,3,5-6H3/b31-12-,40-9-,56-41-. The van der Waals surface area contributed by atoms with Gasteiger partial charge in [-0.3, -0.25) is 4.57 Å². The third kappa shape index (κ3) is 6.26. The lowest BCUT2D eigenvalue weighted by molar-refractivity contribution is 0.865. The Bertz CT molecular complexity index is 3490.